The van der Waals surface area contributed by atoms with Crippen LogP contribution in [0.25, 0.3) is 20.2 Å². The topological polar surface area (TPSA) is 0 Å². The lowest BCUT2D eigenvalue weighted by Gasteiger charge is -2.06. The van der Waals surface area contributed by atoms with Crippen LogP contribution in [-0.4, -0.2) is 0 Å². The Labute approximate surface area is 157 Å². The number of aryl methyl sites for hydroxylation is 3. The van der Waals surface area contributed by atoms with Crippen molar-refractivity contribution in [2.45, 2.75) is 59.3 Å². The van der Waals surface area contributed by atoms with Crippen molar-refractivity contribution in [3.05, 3.63) is 44.5 Å². The van der Waals surface area contributed by atoms with E-state index in [-0.39, 0.29) is 0 Å². The molecular formula is C21H25IS. The van der Waals surface area contributed by atoms with Gasteiger partial charge in [0.05, 0.1) is 0 Å². The molecule has 3 rings (SSSR count). The third-order valence-corrected chi connectivity index (χ3v) is 7.83. The number of fused-ring (bicyclic) bond motifs is 3. The molecule has 2 aromatic carbocycles. The fourth-order valence-electron chi connectivity index (χ4n) is 3.41. The third-order valence-electron chi connectivity index (χ3n) is 4.87. The van der Waals surface area contributed by atoms with Gasteiger partial charge in [0.25, 0.3) is 0 Å². The molecule has 0 spiro atoms. The Morgan fingerprint density at radius 2 is 1.57 bits per heavy atom. The molecule has 23 heavy (non-hydrogen) atoms. The fourth-order valence-corrected chi connectivity index (χ4v) is 5.76. The molecule has 1 aromatic heterocycles. The summed E-state index contributed by atoms with van der Waals surface area (Å²) in [4.78, 5) is 0. The zero-order chi connectivity index (χ0) is 16.4. The molecule has 0 nitrogen and oxygen atoms in total. The van der Waals surface area contributed by atoms with E-state index < -0.39 is 0 Å². The molecule has 3 aromatic rings. The number of hydrogen-bond donors (Lipinski definition) is 0. The van der Waals surface area contributed by atoms with Crippen molar-refractivity contribution in [2.75, 3.05) is 0 Å². The molecule has 0 atom stereocenters. The Morgan fingerprint density at radius 3 is 2.26 bits per heavy atom. The second-order valence-corrected chi connectivity index (χ2v) is 8.51. The second kappa shape index (κ2) is 7.52. The van der Waals surface area contributed by atoms with E-state index in [9.17, 15) is 0 Å². The van der Waals surface area contributed by atoms with E-state index in [2.05, 4.69) is 67.6 Å². The number of rotatable bonds is 6. The Hall–Kier alpha value is -0.610. The lowest BCUT2D eigenvalue weighted by Crippen LogP contribution is -1.90. The Balaban J connectivity index is 2.03. The van der Waals surface area contributed by atoms with Gasteiger partial charge in [-0.25, -0.2) is 0 Å². The van der Waals surface area contributed by atoms with Crippen molar-refractivity contribution in [1.29, 1.82) is 0 Å². The highest BCUT2D eigenvalue weighted by Gasteiger charge is 2.13. The van der Waals surface area contributed by atoms with Gasteiger partial charge in [-0.3, -0.25) is 0 Å². The number of halogens is 1. The molecule has 0 aliphatic carbocycles. The van der Waals surface area contributed by atoms with Crippen LogP contribution in [0.1, 0.15) is 56.2 Å². The highest BCUT2D eigenvalue weighted by atomic mass is 127. The first-order valence-electron chi connectivity index (χ1n) is 8.79. The van der Waals surface area contributed by atoms with E-state index in [0.29, 0.717) is 0 Å². The maximum atomic E-state index is 2.57. The molecule has 0 saturated heterocycles. The van der Waals surface area contributed by atoms with Crippen LogP contribution < -0.4 is 0 Å². The quantitative estimate of drug-likeness (QED) is 0.275. The van der Waals surface area contributed by atoms with Gasteiger partial charge in [-0.15, -0.1) is 11.3 Å². The lowest BCUT2D eigenvalue weighted by atomic mass is 10.0. The molecule has 0 aliphatic rings. The van der Waals surface area contributed by atoms with Crippen molar-refractivity contribution in [3.63, 3.8) is 0 Å². The summed E-state index contributed by atoms with van der Waals surface area (Å²) < 4.78 is 4.46. The fraction of sp³-hybridized carbons (Fsp3) is 0.429. The summed E-state index contributed by atoms with van der Waals surface area (Å²) in [5.41, 5.74) is 4.50. The van der Waals surface area contributed by atoms with Crippen LogP contribution >= 0.6 is 33.9 Å². The Bertz CT molecular complexity index is 829. The van der Waals surface area contributed by atoms with Crippen LogP contribution in [0.2, 0.25) is 0 Å². The van der Waals surface area contributed by atoms with E-state index in [0.717, 1.165) is 6.42 Å². The molecule has 122 valence electrons. The highest BCUT2D eigenvalue weighted by Crippen LogP contribution is 2.40. The van der Waals surface area contributed by atoms with Crippen molar-refractivity contribution in [1.82, 2.24) is 0 Å². The summed E-state index contributed by atoms with van der Waals surface area (Å²) in [7, 11) is 0. The first kappa shape index (κ1) is 17.2. The normalized spacial score (nSPS) is 11.7. The minimum atomic E-state index is 1.12. The van der Waals surface area contributed by atoms with E-state index >= 15 is 0 Å². The average molecular weight is 436 g/mol. The minimum Gasteiger partial charge on any atom is -0.134 e. The first-order valence-corrected chi connectivity index (χ1v) is 10.7. The van der Waals surface area contributed by atoms with Gasteiger partial charge in [0.1, 0.15) is 0 Å². The van der Waals surface area contributed by atoms with E-state index in [1.807, 2.05) is 11.3 Å². The molecular weight excluding hydrogens is 411 g/mol. The van der Waals surface area contributed by atoms with Crippen LogP contribution in [0.15, 0.2) is 24.3 Å². The van der Waals surface area contributed by atoms with Crippen molar-refractivity contribution in [3.8, 4) is 0 Å². The zero-order valence-electron chi connectivity index (χ0n) is 14.3. The summed E-state index contributed by atoms with van der Waals surface area (Å²) in [6.07, 6.45) is 7.69. The Morgan fingerprint density at radius 1 is 0.870 bits per heavy atom. The van der Waals surface area contributed by atoms with E-state index in [4.69, 9.17) is 0 Å². The zero-order valence-corrected chi connectivity index (χ0v) is 17.3. The molecule has 0 saturated carbocycles. The average Bonchev–Trinajstić information content (AvgIpc) is 2.94. The molecule has 0 bridgehead atoms. The highest BCUT2D eigenvalue weighted by molar-refractivity contribution is 14.1. The van der Waals surface area contributed by atoms with Crippen molar-refractivity contribution in [2.24, 2.45) is 0 Å². The first-order chi connectivity index (χ1) is 11.2. The lowest BCUT2D eigenvalue weighted by molar-refractivity contribution is 0.666. The predicted octanol–water partition coefficient (Wildman–Crippen LogP) is 7.65. The number of thiophene rings is 1. The van der Waals surface area contributed by atoms with Gasteiger partial charge in [-0.1, -0.05) is 57.4 Å². The number of hydrogen-bond acceptors (Lipinski definition) is 1. The smallest absolute Gasteiger partial charge is 0.0491 e. The number of benzene rings is 2. The summed E-state index contributed by atoms with van der Waals surface area (Å²) in [6, 6.07) is 9.37. The monoisotopic (exact) mass is 436 g/mol. The molecule has 2 heteroatoms. The molecule has 1 heterocycles. The summed E-state index contributed by atoms with van der Waals surface area (Å²) in [5, 5.41) is 2.88. The molecule has 0 unspecified atom stereocenters. The largest absolute Gasteiger partial charge is 0.134 e. The van der Waals surface area contributed by atoms with Crippen LogP contribution in [0.4, 0.5) is 0 Å². The van der Waals surface area contributed by atoms with Crippen molar-refractivity contribution >= 4 is 54.1 Å². The van der Waals surface area contributed by atoms with Crippen molar-refractivity contribution < 1.29 is 0 Å². The maximum Gasteiger partial charge on any atom is 0.0491 e. The van der Waals surface area contributed by atoms with Crippen LogP contribution in [0.3, 0.4) is 0 Å². The number of unbranched alkanes of at least 4 members (excludes halogenated alkanes) is 3. The van der Waals surface area contributed by atoms with Gasteiger partial charge in [0, 0.05) is 23.7 Å². The minimum absolute atomic E-state index is 1.12. The molecule has 0 N–H and O–H groups in total. The van der Waals surface area contributed by atoms with Gasteiger partial charge in [-0.2, -0.15) is 0 Å². The summed E-state index contributed by atoms with van der Waals surface area (Å²) in [6.45, 7) is 6.81. The van der Waals surface area contributed by atoms with Crippen LogP contribution in [0, 0.1) is 10.5 Å². The van der Waals surface area contributed by atoms with E-state index in [1.165, 1.54) is 72.5 Å². The van der Waals surface area contributed by atoms with Gasteiger partial charge in [0.2, 0.25) is 0 Å². The molecule has 0 aliphatic heterocycles. The molecule has 0 fully saturated rings. The SMILES string of the molecule is CCCCCCc1ccc2c(sc3c(C)c(CC)ccc32)c1I. The van der Waals surface area contributed by atoms with Gasteiger partial charge >= 0.3 is 0 Å². The maximum absolute atomic E-state index is 2.57. The van der Waals surface area contributed by atoms with Gasteiger partial charge in [-0.05, 0) is 65.5 Å². The third kappa shape index (κ3) is 3.30. The summed E-state index contributed by atoms with van der Waals surface area (Å²) >= 11 is 4.57. The van der Waals surface area contributed by atoms with Gasteiger partial charge in [0.15, 0.2) is 0 Å². The standard InChI is InChI=1S/C21H25IS/c1-4-6-7-8-9-16-11-13-18-17-12-10-15(5-2)14(3)20(17)23-21(18)19(16)22/h10-13H,4-9H2,1-3H3. The predicted molar refractivity (Wildman–Crippen MR) is 114 cm³/mol. The van der Waals surface area contributed by atoms with E-state index in [1.54, 1.807) is 0 Å². The summed E-state index contributed by atoms with van der Waals surface area (Å²) in [5.74, 6) is 0. The molecule has 0 radical (unpaired) electrons. The second-order valence-electron chi connectivity index (χ2n) is 6.41. The van der Waals surface area contributed by atoms with Crippen LogP contribution in [0.5, 0.6) is 0 Å². The van der Waals surface area contributed by atoms with Crippen LogP contribution in [-0.2, 0) is 12.8 Å². The van der Waals surface area contributed by atoms with Gasteiger partial charge < -0.3 is 0 Å². The Kier molecular flexibility index (Phi) is 5.63. The molecule has 0 amide bonds.